The Morgan fingerprint density at radius 3 is 2.19 bits per heavy atom. The van der Waals surface area contributed by atoms with Crippen LogP contribution in [0.2, 0.25) is 0 Å². The number of nitrogens with zero attached hydrogens (tertiary/aromatic N) is 1. The van der Waals surface area contributed by atoms with Gasteiger partial charge in [0.25, 0.3) is 0 Å². The van der Waals surface area contributed by atoms with Crippen LogP contribution < -0.4 is 15.4 Å². The standard InChI is InChI=1S/C16H20F3N3O4/c1-15(2,3)26-14(24)22-8-11(9-22)21-13(23)20-10-4-6-12(7-5-10)25-16(17,18)19/h4-7,11H,8-9H2,1-3H3,(H2,20,21,23). The molecule has 0 atom stereocenters. The molecule has 2 rings (SSSR count). The molecule has 0 radical (unpaired) electrons. The van der Waals surface area contributed by atoms with Crippen LogP contribution in [0.5, 0.6) is 5.75 Å². The summed E-state index contributed by atoms with van der Waals surface area (Å²) in [6, 6.07) is 4.01. The molecule has 0 aromatic heterocycles. The summed E-state index contributed by atoms with van der Waals surface area (Å²) >= 11 is 0. The van der Waals surface area contributed by atoms with Crippen molar-refractivity contribution < 1.29 is 32.2 Å². The first-order chi connectivity index (χ1) is 11.9. The van der Waals surface area contributed by atoms with Gasteiger partial charge in [0.15, 0.2) is 0 Å². The Hall–Kier alpha value is -2.65. The number of hydrogen-bond donors (Lipinski definition) is 2. The summed E-state index contributed by atoms with van der Waals surface area (Å²) in [6.45, 7) is 5.93. The van der Waals surface area contributed by atoms with Gasteiger partial charge in [-0.1, -0.05) is 0 Å². The van der Waals surface area contributed by atoms with Crippen LogP contribution in [-0.2, 0) is 4.74 Å². The van der Waals surface area contributed by atoms with Crippen molar-refractivity contribution >= 4 is 17.8 Å². The zero-order chi connectivity index (χ0) is 19.5. The number of nitrogens with one attached hydrogen (secondary N) is 2. The molecular weight excluding hydrogens is 355 g/mol. The largest absolute Gasteiger partial charge is 0.573 e. The number of halogens is 3. The SMILES string of the molecule is CC(C)(C)OC(=O)N1CC(NC(=O)Nc2ccc(OC(F)(F)F)cc2)C1. The molecule has 1 aliphatic rings. The average Bonchev–Trinajstić information content (AvgIpc) is 2.41. The fourth-order valence-corrected chi connectivity index (χ4v) is 2.14. The molecule has 1 aliphatic heterocycles. The third-order valence-corrected chi connectivity index (χ3v) is 3.21. The maximum absolute atomic E-state index is 12.1. The molecule has 10 heteroatoms. The number of benzene rings is 1. The number of carbonyl (C=O) groups is 2. The van der Waals surface area contributed by atoms with Gasteiger partial charge in [-0.15, -0.1) is 13.2 Å². The van der Waals surface area contributed by atoms with E-state index in [0.717, 1.165) is 12.1 Å². The highest BCUT2D eigenvalue weighted by Gasteiger charge is 2.34. The predicted octanol–water partition coefficient (Wildman–Crippen LogP) is 3.33. The molecule has 1 aromatic rings. The summed E-state index contributed by atoms with van der Waals surface area (Å²) in [4.78, 5) is 25.1. The quantitative estimate of drug-likeness (QED) is 0.849. The van der Waals surface area contributed by atoms with Crippen LogP contribution in [0.25, 0.3) is 0 Å². The number of ether oxygens (including phenoxy) is 2. The fraction of sp³-hybridized carbons (Fsp3) is 0.500. The van der Waals surface area contributed by atoms with Gasteiger partial charge in [-0.2, -0.15) is 0 Å². The van der Waals surface area contributed by atoms with Crippen LogP contribution >= 0.6 is 0 Å². The first-order valence-electron chi connectivity index (χ1n) is 7.82. The van der Waals surface area contributed by atoms with E-state index in [1.54, 1.807) is 20.8 Å². The van der Waals surface area contributed by atoms with Gasteiger partial charge in [0.2, 0.25) is 0 Å². The van der Waals surface area contributed by atoms with Gasteiger partial charge in [-0.3, -0.25) is 0 Å². The number of urea groups is 1. The van der Waals surface area contributed by atoms with E-state index in [9.17, 15) is 22.8 Å². The van der Waals surface area contributed by atoms with Crippen LogP contribution in [-0.4, -0.2) is 48.1 Å². The second-order valence-corrected chi connectivity index (χ2v) is 6.75. The second-order valence-electron chi connectivity index (χ2n) is 6.75. The molecule has 3 amide bonds. The Bertz CT molecular complexity index is 650. The maximum Gasteiger partial charge on any atom is 0.573 e. The molecule has 1 saturated heterocycles. The molecule has 0 saturated carbocycles. The molecule has 1 fully saturated rings. The Morgan fingerprint density at radius 1 is 1.12 bits per heavy atom. The van der Waals surface area contributed by atoms with Gasteiger partial charge >= 0.3 is 18.5 Å². The van der Waals surface area contributed by atoms with Crippen molar-refractivity contribution in [1.29, 1.82) is 0 Å². The smallest absolute Gasteiger partial charge is 0.444 e. The Kier molecular flexibility index (Phi) is 5.53. The van der Waals surface area contributed by atoms with Crippen molar-refractivity contribution in [2.45, 2.75) is 38.8 Å². The lowest BCUT2D eigenvalue weighted by Gasteiger charge is -2.39. The van der Waals surface area contributed by atoms with Gasteiger partial charge in [0, 0.05) is 18.8 Å². The number of likely N-dealkylation sites (tertiary alicyclic amines) is 1. The number of alkyl halides is 3. The highest BCUT2D eigenvalue weighted by atomic mass is 19.4. The van der Waals surface area contributed by atoms with Crippen LogP contribution in [0.1, 0.15) is 20.8 Å². The van der Waals surface area contributed by atoms with E-state index in [1.807, 2.05) is 0 Å². The number of anilines is 1. The normalized spacial score (nSPS) is 15.1. The molecular formula is C16H20F3N3O4. The maximum atomic E-state index is 12.1. The molecule has 0 bridgehead atoms. The van der Waals surface area contributed by atoms with Gasteiger partial charge in [-0.05, 0) is 45.0 Å². The molecule has 7 nitrogen and oxygen atoms in total. The van der Waals surface area contributed by atoms with Gasteiger partial charge in [-0.25, -0.2) is 9.59 Å². The monoisotopic (exact) mass is 375 g/mol. The minimum Gasteiger partial charge on any atom is -0.444 e. The first-order valence-corrected chi connectivity index (χ1v) is 7.82. The molecule has 2 N–H and O–H groups in total. The van der Waals surface area contributed by atoms with E-state index in [2.05, 4.69) is 15.4 Å². The van der Waals surface area contributed by atoms with E-state index < -0.39 is 24.1 Å². The minimum atomic E-state index is -4.77. The van der Waals surface area contributed by atoms with Crippen LogP contribution in [0.4, 0.5) is 28.4 Å². The first kappa shape index (κ1) is 19.7. The molecule has 26 heavy (non-hydrogen) atoms. The third kappa shape index (κ3) is 6.34. The van der Waals surface area contributed by atoms with Crippen LogP contribution in [0.15, 0.2) is 24.3 Å². The molecule has 144 valence electrons. The van der Waals surface area contributed by atoms with Crippen LogP contribution in [0.3, 0.4) is 0 Å². The summed E-state index contributed by atoms with van der Waals surface area (Å²) < 4.78 is 45.2. The number of carbonyl (C=O) groups excluding carboxylic acids is 2. The van der Waals surface area contributed by atoms with Crippen molar-refractivity contribution in [1.82, 2.24) is 10.2 Å². The fourth-order valence-electron chi connectivity index (χ4n) is 2.14. The Labute approximate surface area is 148 Å². The number of hydrogen-bond acceptors (Lipinski definition) is 4. The van der Waals surface area contributed by atoms with Crippen molar-refractivity contribution in [2.24, 2.45) is 0 Å². The molecule has 0 aliphatic carbocycles. The summed E-state index contributed by atoms with van der Waals surface area (Å²) in [5.74, 6) is -0.379. The van der Waals surface area contributed by atoms with E-state index in [0.29, 0.717) is 18.8 Å². The number of amides is 3. The van der Waals surface area contributed by atoms with E-state index in [4.69, 9.17) is 4.74 Å². The average molecular weight is 375 g/mol. The lowest BCUT2D eigenvalue weighted by molar-refractivity contribution is -0.274. The second kappa shape index (κ2) is 7.30. The van der Waals surface area contributed by atoms with Gasteiger partial charge in [0.1, 0.15) is 11.4 Å². The molecule has 1 aromatic carbocycles. The topological polar surface area (TPSA) is 79.9 Å². The summed E-state index contributed by atoms with van der Waals surface area (Å²) in [7, 11) is 0. The van der Waals surface area contributed by atoms with Crippen molar-refractivity contribution in [3.05, 3.63) is 24.3 Å². The highest BCUT2D eigenvalue weighted by Crippen LogP contribution is 2.24. The van der Waals surface area contributed by atoms with Crippen molar-refractivity contribution in [3.8, 4) is 5.75 Å². The van der Waals surface area contributed by atoms with Gasteiger partial charge in [0.05, 0.1) is 6.04 Å². The lowest BCUT2D eigenvalue weighted by atomic mass is 10.1. The van der Waals surface area contributed by atoms with Crippen molar-refractivity contribution in [2.75, 3.05) is 18.4 Å². The third-order valence-electron chi connectivity index (χ3n) is 3.21. The zero-order valence-electron chi connectivity index (χ0n) is 14.5. The van der Waals surface area contributed by atoms with E-state index in [1.165, 1.54) is 17.0 Å². The molecule has 0 unspecified atom stereocenters. The highest BCUT2D eigenvalue weighted by molar-refractivity contribution is 5.89. The van der Waals surface area contributed by atoms with Crippen molar-refractivity contribution in [3.63, 3.8) is 0 Å². The Morgan fingerprint density at radius 2 is 1.69 bits per heavy atom. The number of rotatable bonds is 3. The van der Waals surface area contributed by atoms with Crippen LogP contribution in [0, 0.1) is 0 Å². The zero-order valence-corrected chi connectivity index (χ0v) is 14.5. The summed E-state index contributed by atoms with van der Waals surface area (Å²) in [5.41, 5.74) is -0.282. The summed E-state index contributed by atoms with van der Waals surface area (Å²) in [5, 5.41) is 5.15. The minimum absolute atomic E-state index is 0.227. The summed E-state index contributed by atoms with van der Waals surface area (Å²) in [6.07, 6.45) is -5.22. The van der Waals surface area contributed by atoms with E-state index in [-0.39, 0.29) is 11.8 Å². The van der Waals surface area contributed by atoms with E-state index >= 15 is 0 Å². The Balaban J connectivity index is 1.74. The molecule has 1 heterocycles. The molecule has 0 spiro atoms. The predicted molar refractivity (Wildman–Crippen MR) is 86.9 cm³/mol. The lowest BCUT2D eigenvalue weighted by Crippen LogP contribution is -2.62. The van der Waals surface area contributed by atoms with Gasteiger partial charge < -0.3 is 25.0 Å².